The SMILES string of the molecule is CCCCN1C2=CCC=CC=C2NC1CNCc1ccc(OCCc2ccc(Cl)cc2)cc1. The average Bonchev–Trinajstić information content (AvgIpc) is 2.99. The number of hydrogen-bond acceptors (Lipinski definition) is 4. The van der Waals surface area contributed by atoms with Crippen molar-refractivity contribution in [3.05, 3.63) is 100 Å². The summed E-state index contributed by atoms with van der Waals surface area (Å²) in [5.74, 6) is 0.906. The molecule has 4 nitrogen and oxygen atoms in total. The highest BCUT2D eigenvalue weighted by atomic mass is 35.5. The van der Waals surface area contributed by atoms with Crippen LogP contribution in [0.25, 0.3) is 0 Å². The zero-order valence-corrected chi connectivity index (χ0v) is 20.2. The Morgan fingerprint density at radius 1 is 1.09 bits per heavy atom. The molecule has 2 aromatic rings. The van der Waals surface area contributed by atoms with Crippen LogP contribution >= 0.6 is 11.6 Å². The van der Waals surface area contributed by atoms with Crippen molar-refractivity contribution in [1.29, 1.82) is 0 Å². The van der Waals surface area contributed by atoms with Crippen LogP contribution in [0.5, 0.6) is 5.75 Å². The Labute approximate surface area is 203 Å². The number of halogens is 1. The van der Waals surface area contributed by atoms with E-state index < -0.39 is 0 Å². The Morgan fingerprint density at radius 3 is 2.67 bits per heavy atom. The van der Waals surface area contributed by atoms with Crippen LogP contribution in [0.1, 0.15) is 37.3 Å². The van der Waals surface area contributed by atoms with Crippen molar-refractivity contribution in [1.82, 2.24) is 15.5 Å². The van der Waals surface area contributed by atoms with Crippen LogP contribution in [0.4, 0.5) is 0 Å². The van der Waals surface area contributed by atoms with Crippen molar-refractivity contribution in [2.75, 3.05) is 19.7 Å². The van der Waals surface area contributed by atoms with Gasteiger partial charge in [0.15, 0.2) is 0 Å². The number of fused-ring (bicyclic) bond motifs is 1. The molecule has 1 fully saturated rings. The first-order valence-electron chi connectivity index (χ1n) is 12.0. The lowest BCUT2D eigenvalue weighted by Crippen LogP contribution is -2.43. The molecule has 4 rings (SSSR count). The van der Waals surface area contributed by atoms with E-state index in [2.05, 4.69) is 71.0 Å². The summed E-state index contributed by atoms with van der Waals surface area (Å²) in [5.41, 5.74) is 5.08. The molecule has 174 valence electrons. The molecule has 0 spiro atoms. The van der Waals surface area contributed by atoms with Gasteiger partial charge in [-0.15, -0.1) is 0 Å². The lowest BCUT2D eigenvalue weighted by molar-refractivity contribution is 0.262. The molecule has 1 saturated heterocycles. The second-order valence-corrected chi connectivity index (χ2v) is 8.98. The topological polar surface area (TPSA) is 36.5 Å². The van der Waals surface area contributed by atoms with Gasteiger partial charge in [0.1, 0.15) is 11.9 Å². The predicted molar refractivity (Wildman–Crippen MR) is 137 cm³/mol. The van der Waals surface area contributed by atoms with Gasteiger partial charge in [-0.3, -0.25) is 0 Å². The van der Waals surface area contributed by atoms with Gasteiger partial charge < -0.3 is 20.3 Å². The number of nitrogens with zero attached hydrogens (tertiary/aromatic N) is 1. The van der Waals surface area contributed by atoms with Gasteiger partial charge in [-0.2, -0.15) is 0 Å². The van der Waals surface area contributed by atoms with E-state index in [0.717, 1.165) is 43.2 Å². The summed E-state index contributed by atoms with van der Waals surface area (Å²) in [4.78, 5) is 2.52. The molecule has 1 aliphatic carbocycles. The number of unbranched alkanes of at least 4 members (excludes halogenated alkanes) is 1. The maximum atomic E-state index is 5.94. The number of rotatable bonds is 11. The van der Waals surface area contributed by atoms with Crippen molar-refractivity contribution < 1.29 is 4.74 Å². The Bertz CT molecular complexity index is 979. The van der Waals surface area contributed by atoms with Gasteiger partial charge >= 0.3 is 0 Å². The molecule has 1 unspecified atom stereocenters. The second-order valence-electron chi connectivity index (χ2n) is 8.54. The highest BCUT2D eigenvalue weighted by Crippen LogP contribution is 2.26. The van der Waals surface area contributed by atoms with Crippen LogP contribution in [-0.4, -0.2) is 30.8 Å². The van der Waals surface area contributed by atoms with Crippen LogP contribution < -0.4 is 15.4 Å². The second kappa shape index (κ2) is 12.0. The molecule has 1 heterocycles. The quantitative estimate of drug-likeness (QED) is 0.441. The van der Waals surface area contributed by atoms with Gasteiger partial charge in [-0.1, -0.05) is 67.4 Å². The van der Waals surface area contributed by atoms with Crippen LogP contribution in [0.3, 0.4) is 0 Å². The summed E-state index contributed by atoms with van der Waals surface area (Å²) >= 11 is 5.94. The zero-order valence-electron chi connectivity index (χ0n) is 19.4. The van der Waals surface area contributed by atoms with E-state index in [1.54, 1.807) is 0 Å². The molecule has 33 heavy (non-hydrogen) atoms. The fourth-order valence-electron chi connectivity index (χ4n) is 4.20. The standard InChI is InChI=1S/C28H34ClN3O/c1-2-3-18-32-27-8-6-4-5-7-26(27)31-28(32)21-30-20-23-11-15-25(16-12-23)33-19-17-22-9-13-24(29)14-10-22/h4-5,7-16,28,30-31H,2-3,6,17-21H2,1H3. The molecule has 2 N–H and O–H groups in total. The lowest BCUT2D eigenvalue weighted by Gasteiger charge is -2.27. The summed E-state index contributed by atoms with van der Waals surface area (Å²) in [6.45, 7) is 5.72. The Balaban J connectivity index is 1.23. The van der Waals surface area contributed by atoms with E-state index >= 15 is 0 Å². The molecule has 2 aromatic carbocycles. The molecule has 5 heteroatoms. The molecular weight excluding hydrogens is 430 g/mol. The normalized spacial score (nSPS) is 17.2. The first-order valence-corrected chi connectivity index (χ1v) is 12.4. The Morgan fingerprint density at radius 2 is 1.88 bits per heavy atom. The molecule has 0 amide bonds. The molecule has 2 aliphatic rings. The minimum Gasteiger partial charge on any atom is -0.493 e. The number of benzene rings is 2. The summed E-state index contributed by atoms with van der Waals surface area (Å²) in [5, 5.41) is 8.11. The van der Waals surface area contributed by atoms with E-state index in [4.69, 9.17) is 16.3 Å². The smallest absolute Gasteiger partial charge is 0.119 e. The molecule has 0 radical (unpaired) electrons. The van der Waals surface area contributed by atoms with Crippen LogP contribution in [0.2, 0.25) is 5.02 Å². The number of hydrogen-bond donors (Lipinski definition) is 2. The summed E-state index contributed by atoms with van der Waals surface area (Å²) < 4.78 is 5.91. The first kappa shape index (κ1) is 23.5. The van der Waals surface area contributed by atoms with Gasteiger partial charge in [0, 0.05) is 31.1 Å². The molecule has 0 aromatic heterocycles. The maximum absolute atomic E-state index is 5.94. The largest absolute Gasteiger partial charge is 0.493 e. The summed E-state index contributed by atoms with van der Waals surface area (Å²) in [6, 6.07) is 16.3. The van der Waals surface area contributed by atoms with Crippen LogP contribution in [0.15, 0.2) is 84.2 Å². The maximum Gasteiger partial charge on any atom is 0.119 e. The number of nitrogens with one attached hydrogen (secondary N) is 2. The first-order chi connectivity index (χ1) is 16.2. The van der Waals surface area contributed by atoms with E-state index in [9.17, 15) is 0 Å². The highest BCUT2D eigenvalue weighted by molar-refractivity contribution is 6.30. The van der Waals surface area contributed by atoms with Crippen molar-refractivity contribution in [3.63, 3.8) is 0 Å². The number of allylic oxidation sites excluding steroid dienone is 4. The van der Waals surface area contributed by atoms with Gasteiger partial charge in [0.2, 0.25) is 0 Å². The predicted octanol–water partition coefficient (Wildman–Crippen LogP) is 5.81. The Hall–Kier alpha value is -2.69. The van der Waals surface area contributed by atoms with E-state index in [1.165, 1.54) is 35.4 Å². The fourth-order valence-corrected chi connectivity index (χ4v) is 4.32. The summed E-state index contributed by atoms with van der Waals surface area (Å²) in [7, 11) is 0. The molecule has 0 saturated carbocycles. The van der Waals surface area contributed by atoms with Crippen molar-refractivity contribution in [2.45, 2.75) is 45.3 Å². The summed E-state index contributed by atoms with van der Waals surface area (Å²) in [6.07, 6.45) is 13.4. The van der Waals surface area contributed by atoms with Crippen molar-refractivity contribution in [2.24, 2.45) is 0 Å². The third-order valence-corrected chi connectivity index (χ3v) is 6.30. The van der Waals surface area contributed by atoms with E-state index in [1.807, 2.05) is 24.3 Å². The average molecular weight is 464 g/mol. The van der Waals surface area contributed by atoms with Gasteiger partial charge in [-0.25, -0.2) is 0 Å². The highest BCUT2D eigenvalue weighted by Gasteiger charge is 2.30. The van der Waals surface area contributed by atoms with Crippen LogP contribution in [0, 0.1) is 0 Å². The fraction of sp³-hybridized carbons (Fsp3) is 0.357. The molecular formula is C28H34ClN3O. The molecule has 0 bridgehead atoms. The third-order valence-electron chi connectivity index (χ3n) is 6.05. The minimum atomic E-state index is 0.288. The monoisotopic (exact) mass is 463 g/mol. The van der Waals surface area contributed by atoms with E-state index in [0.29, 0.717) is 6.61 Å². The van der Waals surface area contributed by atoms with Gasteiger partial charge in [0.05, 0.1) is 18.0 Å². The number of ether oxygens (including phenoxy) is 1. The zero-order chi connectivity index (χ0) is 22.9. The van der Waals surface area contributed by atoms with Crippen molar-refractivity contribution in [3.8, 4) is 5.75 Å². The Kier molecular flexibility index (Phi) is 8.51. The lowest BCUT2D eigenvalue weighted by atomic mass is 10.2. The molecule has 1 aliphatic heterocycles. The van der Waals surface area contributed by atoms with Crippen molar-refractivity contribution >= 4 is 11.6 Å². The third kappa shape index (κ3) is 6.66. The molecule has 1 atom stereocenters. The van der Waals surface area contributed by atoms with Gasteiger partial charge in [-0.05, 0) is 54.3 Å². The van der Waals surface area contributed by atoms with Gasteiger partial charge in [0.25, 0.3) is 0 Å². The van der Waals surface area contributed by atoms with E-state index in [-0.39, 0.29) is 6.17 Å². The van der Waals surface area contributed by atoms with Crippen LogP contribution in [-0.2, 0) is 13.0 Å². The minimum absolute atomic E-state index is 0.288.